The highest BCUT2D eigenvalue weighted by Gasteiger charge is 2.33. The van der Waals surface area contributed by atoms with Crippen molar-refractivity contribution in [3.63, 3.8) is 0 Å². The maximum atomic E-state index is 5.46. The van der Waals surface area contributed by atoms with Crippen molar-refractivity contribution in [2.75, 3.05) is 33.3 Å². The van der Waals surface area contributed by atoms with E-state index in [4.69, 9.17) is 4.74 Å². The second kappa shape index (κ2) is 6.54. The highest BCUT2D eigenvalue weighted by molar-refractivity contribution is 5.85. The van der Waals surface area contributed by atoms with E-state index in [2.05, 4.69) is 33.5 Å². The average molecular weight is 313 g/mol. The minimum atomic E-state index is 0.542. The zero-order chi connectivity index (χ0) is 15.6. The van der Waals surface area contributed by atoms with Gasteiger partial charge in [0.1, 0.15) is 5.75 Å². The summed E-state index contributed by atoms with van der Waals surface area (Å²) >= 11 is 0. The van der Waals surface area contributed by atoms with Crippen molar-refractivity contribution >= 4 is 10.9 Å². The zero-order valence-electron chi connectivity index (χ0n) is 14.0. The monoisotopic (exact) mass is 313 g/mol. The van der Waals surface area contributed by atoms with Crippen LogP contribution in [0.5, 0.6) is 5.75 Å². The molecule has 2 heterocycles. The highest BCUT2D eigenvalue weighted by atomic mass is 16.5. The third-order valence-electron chi connectivity index (χ3n) is 5.63. The van der Waals surface area contributed by atoms with E-state index in [1.54, 1.807) is 7.11 Å². The van der Waals surface area contributed by atoms with Crippen molar-refractivity contribution < 1.29 is 4.74 Å². The molecule has 0 bridgehead atoms. The number of methoxy groups -OCH3 is 1. The summed E-state index contributed by atoms with van der Waals surface area (Å²) in [4.78, 5) is 6.19. The van der Waals surface area contributed by atoms with Crippen molar-refractivity contribution in [2.24, 2.45) is 5.92 Å². The van der Waals surface area contributed by atoms with Crippen molar-refractivity contribution in [1.29, 1.82) is 0 Å². The number of aromatic amines is 1. The fraction of sp³-hybridized carbons (Fsp3) is 0.579. The van der Waals surface area contributed by atoms with Crippen molar-refractivity contribution in [1.82, 2.24) is 15.2 Å². The predicted molar refractivity (Wildman–Crippen MR) is 94.0 cm³/mol. The normalized spacial score (nSPS) is 21.8. The summed E-state index contributed by atoms with van der Waals surface area (Å²) in [5, 5.41) is 4.82. The quantitative estimate of drug-likeness (QED) is 0.910. The first-order chi connectivity index (χ1) is 11.4. The number of piperazine rings is 1. The smallest absolute Gasteiger partial charge is 0.119 e. The number of aromatic nitrogens is 1. The molecule has 4 rings (SSSR count). The van der Waals surface area contributed by atoms with E-state index in [1.165, 1.54) is 42.1 Å². The molecule has 0 spiro atoms. The Morgan fingerprint density at radius 3 is 2.70 bits per heavy atom. The van der Waals surface area contributed by atoms with Crippen LogP contribution in [0.4, 0.5) is 0 Å². The second-order valence-corrected chi connectivity index (χ2v) is 6.93. The molecule has 1 aromatic carbocycles. The molecule has 2 aliphatic rings. The van der Waals surface area contributed by atoms with E-state index < -0.39 is 0 Å². The number of H-pyrrole nitrogens is 1. The Balaban J connectivity index is 1.75. The van der Waals surface area contributed by atoms with Crippen LogP contribution in [0.15, 0.2) is 24.4 Å². The minimum Gasteiger partial charge on any atom is -0.497 e. The molecule has 124 valence electrons. The van der Waals surface area contributed by atoms with Crippen LogP contribution < -0.4 is 10.1 Å². The number of hydrogen-bond donors (Lipinski definition) is 2. The third-order valence-corrected chi connectivity index (χ3v) is 5.63. The van der Waals surface area contributed by atoms with Gasteiger partial charge in [0.15, 0.2) is 0 Å². The molecule has 23 heavy (non-hydrogen) atoms. The van der Waals surface area contributed by atoms with E-state index in [-0.39, 0.29) is 0 Å². The van der Waals surface area contributed by atoms with Gasteiger partial charge >= 0.3 is 0 Å². The van der Waals surface area contributed by atoms with E-state index in [9.17, 15) is 0 Å². The summed E-state index contributed by atoms with van der Waals surface area (Å²) in [6.07, 6.45) is 7.75. The predicted octanol–water partition coefficient (Wildman–Crippen LogP) is 3.31. The van der Waals surface area contributed by atoms with Crippen molar-refractivity contribution in [2.45, 2.75) is 31.7 Å². The van der Waals surface area contributed by atoms with Gasteiger partial charge in [-0.15, -0.1) is 0 Å². The number of fused-ring (bicyclic) bond motifs is 1. The topological polar surface area (TPSA) is 40.3 Å². The van der Waals surface area contributed by atoms with E-state index >= 15 is 0 Å². The van der Waals surface area contributed by atoms with E-state index in [1.807, 2.05) is 6.07 Å². The lowest BCUT2D eigenvalue weighted by molar-refractivity contribution is 0.126. The Morgan fingerprint density at radius 1 is 1.17 bits per heavy atom. The molecule has 1 saturated carbocycles. The van der Waals surface area contributed by atoms with Crippen LogP contribution in [-0.4, -0.2) is 43.2 Å². The van der Waals surface area contributed by atoms with Gasteiger partial charge in [0.2, 0.25) is 0 Å². The van der Waals surface area contributed by atoms with Crippen LogP contribution in [0.3, 0.4) is 0 Å². The fourth-order valence-corrected chi connectivity index (χ4v) is 4.48. The van der Waals surface area contributed by atoms with E-state index in [0.29, 0.717) is 6.04 Å². The minimum absolute atomic E-state index is 0.542. The molecule has 4 heteroatoms. The molecule has 1 aromatic heterocycles. The number of ether oxygens (including phenoxy) is 1. The third kappa shape index (κ3) is 2.86. The van der Waals surface area contributed by atoms with Gasteiger partial charge < -0.3 is 15.0 Å². The standard InChI is InChI=1S/C19H27N3O/c1-23-15-6-7-18-16(12-15)17(13-21-18)19(14-4-2-3-5-14)22-10-8-20-9-11-22/h6-7,12-14,19-21H,2-5,8-11H2,1H3/t19-/m0/s1. The Labute approximate surface area is 138 Å². The lowest BCUT2D eigenvalue weighted by atomic mass is 9.89. The molecule has 2 fully saturated rings. The van der Waals surface area contributed by atoms with Crippen LogP contribution in [-0.2, 0) is 0 Å². The maximum absolute atomic E-state index is 5.46. The number of nitrogens with one attached hydrogen (secondary N) is 2. The molecule has 0 unspecified atom stereocenters. The first-order valence-corrected chi connectivity index (χ1v) is 8.96. The summed E-state index contributed by atoms with van der Waals surface area (Å²) in [6, 6.07) is 6.92. The summed E-state index contributed by atoms with van der Waals surface area (Å²) in [6.45, 7) is 4.51. The van der Waals surface area contributed by atoms with Crippen LogP contribution >= 0.6 is 0 Å². The Hall–Kier alpha value is -1.52. The first-order valence-electron chi connectivity index (χ1n) is 8.96. The number of benzene rings is 1. The summed E-state index contributed by atoms with van der Waals surface area (Å²) in [5.41, 5.74) is 2.69. The van der Waals surface area contributed by atoms with Gasteiger partial charge in [-0.25, -0.2) is 0 Å². The van der Waals surface area contributed by atoms with Crippen LogP contribution in [0.2, 0.25) is 0 Å². The zero-order valence-corrected chi connectivity index (χ0v) is 14.0. The Kier molecular flexibility index (Phi) is 4.27. The van der Waals surface area contributed by atoms with Gasteiger partial charge in [-0.3, -0.25) is 4.90 Å². The molecular weight excluding hydrogens is 286 g/mol. The molecule has 0 radical (unpaired) electrons. The average Bonchev–Trinajstić information content (AvgIpc) is 3.26. The largest absolute Gasteiger partial charge is 0.497 e. The molecule has 4 nitrogen and oxygen atoms in total. The SMILES string of the molecule is COc1ccc2[nH]cc([C@H](C3CCCC3)N3CCNCC3)c2c1. The number of nitrogens with zero attached hydrogens (tertiary/aromatic N) is 1. The lowest BCUT2D eigenvalue weighted by Gasteiger charge is -2.38. The molecule has 1 aliphatic heterocycles. The van der Waals surface area contributed by atoms with Crippen LogP contribution in [0.25, 0.3) is 10.9 Å². The first kappa shape index (κ1) is 15.0. The van der Waals surface area contributed by atoms with Gasteiger partial charge in [-0.1, -0.05) is 12.8 Å². The highest BCUT2D eigenvalue weighted by Crippen LogP contribution is 2.42. The second-order valence-electron chi connectivity index (χ2n) is 6.93. The molecular formula is C19H27N3O. The number of rotatable bonds is 4. The van der Waals surface area contributed by atoms with Gasteiger partial charge in [0.25, 0.3) is 0 Å². The molecule has 2 N–H and O–H groups in total. The Bertz CT molecular complexity index is 654. The summed E-state index contributed by atoms with van der Waals surface area (Å²) in [7, 11) is 1.75. The maximum Gasteiger partial charge on any atom is 0.119 e. The summed E-state index contributed by atoms with van der Waals surface area (Å²) < 4.78 is 5.46. The number of hydrogen-bond acceptors (Lipinski definition) is 3. The van der Waals surface area contributed by atoms with Gasteiger partial charge in [-0.2, -0.15) is 0 Å². The lowest BCUT2D eigenvalue weighted by Crippen LogP contribution is -2.46. The van der Waals surface area contributed by atoms with E-state index in [0.717, 1.165) is 37.8 Å². The molecule has 0 amide bonds. The molecule has 1 atom stereocenters. The Morgan fingerprint density at radius 2 is 1.96 bits per heavy atom. The van der Waals surface area contributed by atoms with Crippen molar-refractivity contribution in [3.8, 4) is 5.75 Å². The fourth-order valence-electron chi connectivity index (χ4n) is 4.48. The van der Waals surface area contributed by atoms with Crippen LogP contribution in [0, 0.1) is 5.92 Å². The van der Waals surface area contributed by atoms with Gasteiger partial charge in [0, 0.05) is 49.3 Å². The summed E-state index contributed by atoms with van der Waals surface area (Å²) in [5.74, 6) is 1.74. The van der Waals surface area contributed by atoms with Crippen molar-refractivity contribution in [3.05, 3.63) is 30.0 Å². The van der Waals surface area contributed by atoms with Gasteiger partial charge in [-0.05, 0) is 42.5 Å². The molecule has 1 saturated heterocycles. The van der Waals surface area contributed by atoms with Crippen LogP contribution in [0.1, 0.15) is 37.3 Å². The molecule has 1 aliphatic carbocycles. The van der Waals surface area contributed by atoms with Gasteiger partial charge in [0.05, 0.1) is 7.11 Å². The molecule has 2 aromatic rings.